The molecule has 7 heteroatoms. The van der Waals surface area contributed by atoms with Crippen molar-refractivity contribution in [2.75, 3.05) is 6.61 Å². The van der Waals surface area contributed by atoms with Crippen molar-refractivity contribution in [3.63, 3.8) is 0 Å². The lowest BCUT2D eigenvalue weighted by molar-refractivity contribution is 0.0525. The van der Waals surface area contributed by atoms with Crippen LogP contribution in [0.3, 0.4) is 0 Å². The maximum atomic E-state index is 11.3. The van der Waals surface area contributed by atoms with E-state index in [1.54, 1.807) is 13.2 Å². The van der Waals surface area contributed by atoms with E-state index in [4.69, 9.17) is 9.15 Å². The van der Waals surface area contributed by atoms with Gasteiger partial charge in [-0.3, -0.25) is 0 Å². The highest BCUT2D eigenvalue weighted by atomic mass is 32.2. The second kappa shape index (κ2) is 5.83. The minimum Gasteiger partial charge on any atom is -0.468 e. The maximum Gasteiger partial charge on any atom is 0.369 e. The Balaban J connectivity index is 1.92. The first-order chi connectivity index (χ1) is 8.29. The molecular formula is C10H10N2O3S2. The van der Waals surface area contributed by atoms with Crippen LogP contribution in [0.4, 0.5) is 0 Å². The third kappa shape index (κ3) is 3.31. The number of aromatic nitrogens is 2. The summed E-state index contributed by atoms with van der Waals surface area (Å²) in [5.74, 6) is 1.11. The summed E-state index contributed by atoms with van der Waals surface area (Å²) >= 11 is 2.71. The third-order valence-electron chi connectivity index (χ3n) is 1.77. The van der Waals surface area contributed by atoms with Gasteiger partial charge in [-0.1, -0.05) is 23.1 Å². The Labute approximate surface area is 106 Å². The van der Waals surface area contributed by atoms with Crippen LogP contribution in [0.2, 0.25) is 0 Å². The van der Waals surface area contributed by atoms with Crippen LogP contribution in [-0.2, 0) is 10.5 Å². The molecule has 0 aliphatic carbocycles. The van der Waals surface area contributed by atoms with Crippen LogP contribution >= 0.6 is 23.1 Å². The van der Waals surface area contributed by atoms with Gasteiger partial charge in [-0.2, -0.15) is 0 Å². The average molecular weight is 270 g/mol. The minimum atomic E-state index is -0.421. The van der Waals surface area contributed by atoms with Gasteiger partial charge in [0.1, 0.15) is 5.76 Å². The van der Waals surface area contributed by atoms with Gasteiger partial charge in [0.15, 0.2) is 4.34 Å². The van der Waals surface area contributed by atoms with E-state index in [0.29, 0.717) is 12.4 Å². The lowest BCUT2D eigenvalue weighted by Gasteiger charge is -1.94. The molecular weight excluding hydrogens is 260 g/mol. The Morgan fingerprint density at radius 1 is 1.59 bits per heavy atom. The zero-order valence-corrected chi connectivity index (χ0v) is 10.7. The van der Waals surface area contributed by atoms with E-state index < -0.39 is 5.97 Å². The molecule has 0 aromatic carbocycles. The van der Waals surface area contributed by atoms with Crippen molar-refractivity contribution in [1.82, 2.24) is 10.2 Å². The fourth-order valence-corrected chi connectivity index (χ4v) is 2.72. The lowest BCUT2D eigenvalue weighted by Crippen LogP contribution is -2.03. The highest BCUT2D eigenvalue weighted by Gasteiger charge is 2.14. The van der Waals surface area contributed by atoms with Crippen molar-refractivity contribution >= 4 is 29.1 Å². The zero-order valence-electron chi connectivity index (χ0n) is 9.08. The lowest BCUT2D eigenvalue weighted by atomic mass is 10.5. The number of carbonyl (C=O) groups excluding carboxylic acids is 1. The monoisotopic (exact) mass is 270 g/mol. The van der Waals surface area contributed by atoms with E-state index in [1.807, 2.05) is 12.1 Å². The molecule has 0 aliphatic heterocycles. The van der Waals surface area contributed by atoms with Gasteiger partial charge in [-0.05, 0) is 19.1 Å². The van der Waals surface area contributed by atoms with Crippen molar-refractivity contribution < 1.29 is 13.9 Å². The quantitative estimate of drug-likeness (QED) is 0.614. The first kappa shape index (κ1) is 12.1. The van der Waals surface area contributed by atoms with Gasteiger partial charge in [0.25, 0.3) is 0 Å². The number of furan rings is 1. The van der Waals surface area contributed by atoms with Crippen LogP contribution in [0.5, 0.6) is 0 Å². The Morgan fingerprint density at radius 3 is 3.18 bits per heavy atom. The van der Waals surface area contributed by atoms with E-state index in [0.717, 1.165) is 10.1 Å². The van der Waals surface area contributed by atoms with Crippen LogP contribution in [0.25, 0.3) is 0 Å². The SMILES string of the molecule is CCOC(=O)c1nnc(SCc2ccco2)s1. The molecule has 0 bridgehead atoms. The second-order valence-corrected chi connectivity index (χ2v) is 5.16. The van der Waals surface area contributed by atoms with Gasteiger partial charge in [-0.25, -0.2) is 4.79 Å². The van der Waals surface area contributed by atoms with Crippen molar-refractivity contribution in [2.24, 2.45) is 0 Å². The van der Waals surface area contributed by atoms with E-state index in [2.05, 4.69) is 10.2 Å². The number of hydrogen-bond acceptors (Lipinski definition) is 7. The predicted octanol–water partition coefficient (Wildman–Crippen LogP) is 2.60. The summed E-state index contributed by atoms with van der Waals surface area (Å²) in [5, 5.41) is 7.97. The van der Waals surface area contributed by atoms with Gasteiger partial charge in [0.05, 0.1) is 18.6 Å². The zero-order chi connectivity index (χ0) is 12.1. The summed E-state index contributed by atoms with van der Waals surface area (Å²) < 4.78 is 10.8. The molecule has 2 heterocycles. The number of esters is 1. The van der Waals surface area contributed by atoms with Gasteiger partial charge < -0.3 is 9.15 Å². The first-order valence-electron chi connectivity index (χ1n) is 4.95. The molecule has 0 amide bonds. The summed E-state index contributed by atoms with van der Waals surface area (Å²) in [7, 11) is 0. The highest BCUT2D eigenvalue weighted by molar-refractivity contribution is 8.00. The highest BCUT2D eigenvalue weighted by Crippen LogP contribution is 2.26. The third-order valence-corrected chi connectivity index (χ3v) is 3.83. The fourth-order valence-electron chi connectivity index (χ4n) is 1.07. The van der Waals surface area contributed by atoms with Crippen molar-refractivity contribution in [3.05, 3.63) is 29.2 Å². The van der Waals surface area contributed by atoms with Crippen LogP contribution in [0.15, 0.2) is 27.2 Å². The van der Waals surface area contributed by atoms with Crippen LogP contribution in [-0.4, -0.2) is 22.8 Å². The van der Waals surface area contributed by atoms with E-state index in [1.165, 1.54) is 23.1 Å². The number of thioether (sulfide) groups is 1. The van der Waals surface area contributed by atoms with Crippen molar-refractivity contribution in [1.29, 1.82) is 0 Å². The van der Waals surface area contributed by atoms with Crippen molar-refractivity contribution in [2.45, 2.75) is 17.0 Å². The molecule has 90 valence electrons. The van der Waals surface area contributed by atoms with Gasteiger partial charge in [0.2, 0.25) is 5.01 Å². The second-order valence-electron chi connectivity index (χ2n) is 2.96. The van der Waals surface area contributed by atoms with Crippen molar-refractivity contribution in [3.8, 4) is 0 Å². The first-order valence-corrected chi connectivity index (χ1v) is 6.75. The standard InChI is InChI=1S/C10H10N2O3S2/c1-2-14-9(13)8-11-12-10(17-8)16-6-7-4-3-5-15-7/h3-5H,2,6H2,1H3. The number of hydrogen-bond donors (Lipinski definition) is 0. The molecule has 0 unspecified atom stereocenters. The predicted molar refractivity (Wildman–Crippen MR) is 64.1 cm³/mol. The number of rotatable bonds is 5. The molecule has 2 rings (SSSR count). The molecule has 5 nitrogen and oxygen atoms in total. The van der Waals surface area contributed by atoms with E-state index >= 15 is 0 Å². The van der Waals surface area contributed by atoms with Crippen LogP contribution in [0.1, 0.15) is 22.5 Å². The molecule has 0 saturated heterocycles. The number of carbonyl (C=O) groups is 1. The van der Waals surface area contributed by atoms with E-state index in [-0.39, 0.29) is 5.01 Å². The summed E-state index contributed by atoms with van der Waals surface area (Å²) in [6, 6.07) is 3.72. The van der Waals surface area contributed by atoms with Gasteiger partial charge in [-0.15, -0.1) is 10.2 Å². The normalized spacial score (nSPS) is 10.4. The molecule has 0 aliphatic rings. The van der Waals surface area contributed by atoms with E-state index in [9.17, 15) is 4.79 Å². The molecule has 0 N–H and O–H groups in total. The molecule has 2 aromatic rings. The van der Waals surface area contributed by atoms with Crippen LogP contribution < -0.4 is 0 Å². The van der Waals surface area contributed by atoms with Gasteiger partial charge in [0, 0.05) is 0 Å². The Bertz CT molecular complexity index is 481. The summed E-state index contributed by atoms with van der Waals surface area (Å²) in [5.41, 5.74) is 0. The summed E-state index contributed by atoms with van der Waals surface area (Å²) in [6.07, 6.45) is 1.63. The number of ether oxygens (including phenoxy) is 1. The molecule has 17 heavy (non-hydrogen) atoms. The average Bonchev–Trinajstić information content (AvgIpc) is 2.98. The summed E-state index contributed by atoms with van der Waals surface area (Å²) in [6.45, 7) is 2.10. The minimum absolute atomic E-state index is 0.286. The topological polar surface area (TPSA) is 65.2 Å². The summed E-state index contributed by atoms with van der Waals surface area (Å²) in [4.78, 5) is 11.3. The Kier molecular flexibility index (Phi) is 4.16. The van der Waals surface area contributed by atoms with Crippen LogP contribution in [0, 0.1) is 0 Å². The Morgan fingerprint density at radius 2 is 2.47 bits per heavy atom. The maximum absolute atomic E-state index is 11.3. The molecule has 2 aromatic heterocycles. The Hall–Kier alpha value is -1.34. The molecule has 0 atom stereocenters. The molecule has 0 spiro atoms. The molecule has 0 saturated carbocycles. The largest absolute Gasteiger partial charge is 0.468 e. The number of nitrogens with zero attached hydrogens (tertiary/aromatic N) is 2. The molecule has 0 fully saturated rings. The smallest absolute Gasteiger partial charge is 0.369 e. The molecule has 0 radical (unpaired) electrons. The van der Waals surface area contributed by atoms with Gasteiger partial charge >= 0.3 is 5.97 Å². The fraction of sp³-hybridized carbons (Fsp3) is 0.300.